The van der Waals surface area contributed by atoms with Crippen LogP contribution in [0.4, 0.5) is 5.69 Å². The van der Waals surface area contributed by atoms with E-state index in [1.54, 1.807) is 24.9 Å². The maximum atomic E-state index is 12.4. The molecular weight excluding hydrogens is 242 g/mol. The van der Waals surface area contributed by atoms with Crippen molar-refractivity contribution < 1.29 is 9.90 Å². The minimum absolute atomic E-state index is 0.141. The molecule has 3 N–H and O–H groups in total. The number of likely N-dealkylation sites (N-methyl/N-ethyl adjacent to an activating group) is 1. The lowest BCUT2D eigenvalue weighted by molar-refractivity contribution is 0.0156. The Morgan fingerprint density at radius 3 is 2.79 bits per heavy atom. The molecule has 5 heteroatoms. The Balaban J connectivity index is 2.12. The van der Waals surface area contributed by atoms with E-state index in [0.717, 1.165) is 25.7 Å². The summed E-state index contributed by atoms with van der Waals surface area (Å²) in [6.45, 7) is 2.14. The van der Waals surface area contributed by atoms with Gasteiger partial charge in [-0.2, -0.15) is 0 Å². The van der Waals surface area contributed by atoms with Crippen LogP contribution in [-0.4, -0.2) is 40.1 Å². The number of amides is 1. The van der Waals surface area contributed by atoms with E-state index in [2.05, 4.69) is 4.98 Å². The molecule has 0 spiro atoms. The standard InChI is InChI=1S/C14H21N3O2/c1-10-12(7-11(15)8-16-10)13(18)17(2)9-14(19)5-3-4-6-14/h7-8,19H,3-6,9,15H2,1-2H3. The van der Waals surface area contributed by atoms with E-state index >= 15 is 0 Å². The molecule has 0 aromatic carbocycles. The van der Waals surface area contributed by atoms with Gasteiger partial charge < -0.3 is 15.7 Å². The zero-order valence-corrected chi connectivity index (χ0v) is 11.5. The highest BCUT2D eigenvalue weighted by atomic mass is 16.3. The molecule has 1 fully saturated rings. The molecule has 1 aliphatic carbocycles. The SMILES string of the molecule is Cc1ncc(N)cc1C(=O)N(C)CC1(O)CCCC1. The Morgan fingerprint density at radius 2 is 2.16 bits per heavy atom. The molecule has 104 valence electrons. The molecule has 0 saturated heterocycles. The summed E-state index contributed by atoms with van der Waals surface area (Å²) in [5.74, 6) is -0.141. The smallest absolute Gasteiger partial charge is 0.255 e. The van der Waals surface area contributed by atoms with Crippen molar-refractivity contribution >= 4 is 11.6 Å². The van der Waals surface area contributed by atoms with E-state index in [-0.39, 0.29) is 5.91 Å². The summed E-state index contributed by atoms with van der Waals surface area (Å²) in [4.78, 5) is 18.0. The number of hydrogen-bond donors (Lipinski definition) is 2. The Kier molecular flexibility index (Phi) is 3.75. The topological polar surface area (TPSA) is 79.5 Å². The number of nitrogens with two attached hydrogens (primary N) is 1. The highest BCUT2D eigenvalue weighted by molar-refractivity contribution is 5.95. The van der Waals surface area contributed by atoms with Gasteiger partial charge in [-0.05, 0) is 25.8 Å². The maximum Gasteiger partial charge on any atom is 0.255 e. The minimum atomic E-state index is -0.730. The molecule has 0 aliphatic heterocycles. The van der Waals surface area contributed by atoms with E-state index < -0.39 is 5.60 Å². The van der Waals surface area contributed by atoms with Gasteiger partial charge in [0.2, 0.25) is 0 Å². The molecule has 19 heavy (non-hydrogen) atoms. The van der Waals surface area contributed by atoms with Crippen molar-refractivity contribution in [1.82, 2.24) is 9.88 Å². The number of aryl methyl sites for hydroxylation is 1. The van der Waals surface area contributed by atoms with Crippen LogP contribution in [0.15, 0.2) is 12.3 Å². The lowest BCUT2D eigenvalue weighted by Gasteiger charge is -2.28. The summed E-state index contributed by atoms with van der Waals surface area (Å²) in [5, 5.41) is 10.3. The first kappa shape index (κ1) is 13.8. The van der Waals surface area contributed by atoms with Gasteiger partial charge in [-0.25, -0.2) is 0 Å². The number of aromatic nitrogens is 1. The largest absolute Gasteiger partial charge is 0.397 e. The first-order chi connectivity index (χ1) is 8.91. The number of pyridine rings is 1. The summed E-state index contributed by atoms with van der Waals surface area (Å²) in [6, 6.07) is 1.64. The summed E-state index contributed by atoms with van der Waals surface area (Å²) in [5.41, 5.74) is 6.58. The Morgan fingerprint density at radius 1 is 1.53 bits per heavy atom. The van der Waals surface area contributed by atoms with E-state index in [1.807, 2.05) is 0 Å². The molecule has 1 aromatic heterocycles. The van der Waals surface area contributed by atoms with Gasteiger partial charge in [0.1, 0.15) is 0 Å². The number of carbonyl (C=O) groups is 1. The van der Waals surface area contributed by atoms with E-state index in [4.69, 9.17) is 5.73 Å². The molecule has 0 unspecified atom stereocenters. The van der Waals surface area contributed by atoms with E-state index in [9.17, 15) is 9.90 Å². The molecule has 0 radical (unpaired) electrons. The van der Waals surface area contributed by atoms with Crippen LogP contribution in [0.25, 0.3) is 0 Å². The van der Waals surface area contributed by atoms with Gasteiger partial charge in [0.05, 0.1) is 28.7 Å². The van der Waals surface area contributed by atoms with Gasteiger partial charge in [-0.3, -0.25) is 9.78 Å². The number of hydrogen-bond acceptors (Lipinski definition) is 4. The van der Waals surface area contributed by atoms with Crippen molar-refractivity contribution in [1.29, 1.82) is 0 Å². The van der Waals surface area contributed by atoms with Gasteiger partial charge in [0, 0.05) is 13.6 Å². The molecule has 1 aliphatic rings. The van der Waals surface area contributed by atoms with Gasteiger partial charge in [-0.15, -0.1) is 0 Å². The van der Waals surface area contributed by atoms with Crippen molar-refractivity contribution in [3.63, 3.8) is 0 Å². The summed E-state index contributed by atoms with van der Waals surface area (Å²) in [6.07, 6.45) is 5.11. The summed E-state index contributed by atoms with van der Waals surface area (Å²) in [7, 11) is 1.71. The number of aliphatic hydroxyl groups is 1. The lowest BCUT2D eigenvalue weighted by atomic mass is 10.0. The molecular formula is C14H21N3O2. The maximum absolute atomic E-state index is 12.4. The second-order valence-corrected chi connectivity index (χ2v) is 5.49. The summed E-state index contributed by atoms with van der Waals surface area (Å²) < 4.78 is 0. The Hall–Kier alpha value is -1.62. The first-order valence-corrected chi connectivity index (χ1v) is 6.61. The summed E-state index contributed by atoms with van der Waals surface area (Å²) >= 11 is 0. The monoisotopic (exact) mass is 263 g/mol. The Bertz CT molecular complexity index is 482. The molecule has 1 amide bonds. The van der Waals surface area contributed by atoms with Crippen LogP contribution in [0.3, 0.4) is 0 Å². The fourth-order valence-corrected chi connectivity index (χ4v) is 2.68. The first-order valence-electron chi connectivity index (χ1n) is 6.61. The fourth-order valence-electron chi connectivity index (χ4n) is 2.68. The zero-order chi connectivity index (χ0) is 14.0. The number of nitrogen functional groups attached to an aromatic ring is 1. The predicted octanol–water partition coefficient (Wildman–Crippen LogP) is 1.35. The van der Waals surface area contributed by atoms with Crippen LogP contribution < -0.4 is 5.73 Å². The molecule has 5 nitrogen and oxygen atoms in total. The second kappa shape index (κ2) is 5.17. The average Bonchev–Trinajstić information content (AvgIpc) is 2.78. The van der Waals surface area contributed by atoms with Crippen molar-refractivity contribution in [3.8, 4) is 0 Å². The molecule has 1 heterocycles. The third kappa shape index (κ3) is 3.04. The lowest BCUT2D eigenvalue weighted by Crippen LogP contribution is -2.42. The third-order valence-electron chi connectivity index (χ3n) is 3.75. The molecule has 0 bridgehead atoms. The number of carbonyl (C=O) groups excluding carboxylic acids is 1. The van der Waals surface area contributed by atoms with E-state index in [0.29, 0.717) is 23.5 Å². The van der Waals surface area contributed by atoms with Gasteiger partial charge in [0.25, 0.3) is 5.91 Å². The molecule has 1 saturated carbocycles. The van der Waals surface area contributed by atoms with Crippen LogP contribution in [0, 0.1) is 6.92 Å². The van der Waals surface area contributed by atoms with Gasteiger partial charge in [0.15, 0.2) is 0 Å². The highest BCUT2D eigenvalue weighted by Gasteiger charge is 2.33. The number of anilines is 1. The van der Waals surface area contributed by atoms with Crippen molar-refractivity contribution in [2.24, 2.45) is 0 Å². The molecule has 2 rings (SSSR count). The average molecular weight is 263 g/mol. The van der Waals surface area contributed by atoms with Gasteiger partial charge in [-0.1, -0.05) is 12.8 Å². The van der Waals surface area contributed by atoms with Crippen LogP contribution in [0.1, 0.15) is 41.7 Å². The predicted molar refractivity (Wildman–Crippen MR) is 73.8 cm³/mol. The highest BCUT2D eigenvalue weighted by Crippen LogP contribution is 2.30. The van der Waals surface area contributed by atoms with E-state index in [1.165, 1.54) is 6.20 Å². The quantitative estimate of drug-likeness (QED) is 0.862. The normalized spacial score (nSPS) is 17.4. The van der Waals surface area contributed by atoms with Gasteiger partial charge >= 0.3 is 0 Å². The van der Waals surface area contributed by atoms with Crippen molar-refractivity contribution in [2.45, 2.75) is 38.2 Å². The number of nitrogens with zero attached hydrogens (tertiary/aromatic N) is 2. The number of rotatable bonds is 3. The van der Waals surface area contributed by atoms with Crippen molar-refractivity contribution in [2.75, 3.05) is 19.3 Å². The van der Waals surface area contributed by atoms with Crippen LogP contribution >= 0.6 is 0 Å². The second-order valence-electron chi connectivity index (χ2n) is 5.49. The minimum Gasteiger partial charge on any atom is -0.397 e. The van der Waals surface area contributed by atoms with Crippen molar-refractivity contribution in [3.05, 3.63) is 23.5 Å². The van der Waals surface area contributed by atoms with Crippen LogP contribution in [0.2, 0.25) is 0 Å². The molecule has 0 atom stereocenters. The molecule has 1 aromatic rings. The van der Waals surface area contributed by atoms with Crippen LogP contribution in [0.5, 0.6) is 0 Å². The third-order valence-corrected chi connectivity index (χ3v) is 3.75. The Labute approximate surface area is 113 Å². The van der Waals surface area contributed by atoms with Crippen LogP contribution in [-0.2, 0) is 0 Å². The fraction of sp³-hybridized carbons (Fsp3) is 0.571. The zero-order valence-electron chi connectivity index (χ0n) is 11.5.